The van der Waals surface area contributed by atoms with Gasteiger partial charge in [-0.2, -0.15) is 0 Å². The molecule has 0 radical (unpaired) electrons. The first kappa shape index (κ1) is 11.3. The summed E-state index contributed by atoms with van der Waals surface area (Å²) in [5.74, 6) is 0.638. The SMILES string of the molecule is CC[C@H](C)C(C)OCc1ccccc1. The van der Waals surface area contributed by atoms with Gasteiger partial charge in [-0.3, -0.25) is 0 Å². The lowest BCUT2D eigenvalue weighted by Gasteiger charge is -2.18. The lowest BCUT2D eigenvalue weighted by Crippen LogP contribution is -2.17. The summed E-state index contributed by atoms with van der Waals surface area (Å²) in [5, 5.41) is 0. The van der Waals surface area contributed by atoms with Gasteiger partial charge in [0.25, 0.3) is 0 Å². The van der Waals surface area contributed by atoms with Crippen LogP contribution >= 0.6 is 0 Å². The first-order valence-corrected chi connectivity index (χ1v) is 5.39. The molecule has 0 amide bonds. The van der Waals surface area contributed by atoms with Crippen molar-refractivity contribution < 1.29 is 4.74 Å². The van der Waals surface area contributed by atoms with Gasteiger partial charge in [0.2, 0.25) is 0 Å². The van der Waals surface area contributed by atoms with Crippen molar-refractivity contribution in [3.8, 4) is 0 Å². The quantitative estimate of drug-likeness (QED) is 0.692. The van der Waals surface area contributed by atoms with Crippen LogP contribution in [0.25, 0.3) is 0 Å². The number of ether oxygens (including phenoxy) is 1. The van der Waals surface area contributed by atoms with Crippen LogP contribution in [0, 0.1) is 5.92 Å². The average molecular weight is 192 g/mol. The predicted octanol–water partition coefficient (Wildman–Crippen LogP) is 3.64. The second kappa shape index (κ2) is 5.82. The van der Waals surface area contributed by atoms with Crippen molar-refractivity contribution in [3.63, 3.8) is 0 Å². The molecule has 14 heavy (non-hydrogen) atoms. The van der Waals surface area contributed by atoms with E-state index in [1.54, 1.807) is 0 Å². The van der Waals surface area contributed by atoms with Gasteiger partial charge in [0, 0.05) is 0 Å². The summed E-state index contributed by atoms with van der Waals surface area (Å²) < 4.78 is 5.78. The third kappa shape index (κ3) is 3.51. The van der Waals surface area contributed by atoms with E-state index >= 15 is 0 Å². The fourth-order valence-corrected chi connectivity index (χ4v) is 1.30. The van der Waals surface area contributed by atoms with Gasteiger partial charge >= 0.3 is 0 Å². The first-order chi connectivity index (χ1) is 6.74. The van der Waals surface area contributed by atoms with Gasteiger partial charge in [-0.1, -0.05) is 50.6 Å². The Bertz CT molecular complexity index is 243. The molecule has 0 aliphatic heterocycles. The van der Waals surface area contributed by atoms with Crippen LogP contribution in [0.15, 0.2) is 30.3 Å². The summed E-state index contributed by atoms with van der Waals surface area (Å²) >= 11 is 0. The van der Waals surface area contributed by atoms with Gasteiger partial charge in [-0.25, -0.2) is 0 Å². The summed E-state index contributed by atoms with van der Waals surface area (Å²) in [4.78, 5) is 0. The van der Waals surface area contributed by atoms with E-state index in [9.17, 15) is 0 Å². The smallest absolute Gasteiger partial charge is 0.0720 e. The van der Waals surface area contributed by atoms with E-state index in [1.807, 2.05) is 18.2 Å². The van der Waals surface area contributed by atoms with Crippen LogP contribution in [0.2, 0.25) is 0 Å². The Morgan fingerprint density at radius 3 is 2.36 bits per heavy atom. The highest BCUT2D eigenvalue weighted by atomic mass is 16.5. The van der Waals surface area contributed by atoms with Gasteiger partial charge in [0.05, 0.1) is 12.7 Å². The van der Waals surface area contributed by atoms with Crippen molar-refractivity contribution in [1.82, 2.24) is 0 Å². The van der Waals surface area contributed by atoms with Crippen molar-refractivity contribution in [2.45, 2.75) is 39.9 Å². The maximum absolute atomic E-state index is 5.78. The molecular formula is C13H20O. The molecule has 0 heterocycles. The molecule has 0 aliphatic rings. The molecule has 0 saturated carbocycles. The number of hydrogen-bond acceptors (Lipinski definition) is 1. The highest BCUT2D eigenvalue weighted by Gasteiger charge is 2.09. The largest absolute Gasteiger partial charge is 0.374 e. The zero-order valence-corrected chi connectivity index (χ0v) is 9.36. The lowest BCUT2D eigenvalue weighted by atomic mass is 10.0. The Morgan fingerprint density at radius 1 is 1.14 bits per heavy atom. The monoisotopic (exact) mass is 192 g/mol. The molecule has 78 valence electrons. The van der Waals surface area contributed by atoms with Crippen LogP contribution in [-0.4, -0.2) is 6.10 Å². The number of rotatable bonds is 5. The van der Waals surface area contributed by atoms with Crippen molar-refractivity contribution in [2.75, 3.05) is 0 Å². The Labute approximate surface area is 87.1 Å². The predicted molar refractivity (Wildman–Crippen MR) is 60.1 cm³/mol. The Balaban J connectivity index is 2.34. The van der Waals surface area contributed by atoms with Crippen molar-refractivity contribution >= 4 is 0 Å². The summed E-state index contributed by atoms with van der Waals surface area (Å²) in [6.45, 7) is 7.31. The van der Waals surface area contributed by atoms with Crippen LogP contribution in [-0.2, 0) is 11.3 Å². The second-order valence-electron chi connectivity index (χ2n) is 3.89. The molecule has 0 bridgehead atoms. The molecule has 1 aromatic rings. The normalized spacial score (nSPS) is 15.1. The van der Waals surface area contributed by atoms with E-state index < -0.39 is 0 Å². The summed E-state index contributed by atoms with van der Waals surface area (Å²) in [6, 6.07) is 10.3. The Morgan fingerprint density at radius 2 is 1.79 bits per heavy atom. The van der Waals surface area contributed by atoms with E-state index in [1.165, 1.54) is 12.0 Å². The molecule has 0 N–H and O–H groups in total. The molecule has 0 saturated heterocycles. The van der Waals surface area contributed by atoms with E-state index in [-0.39, 0.29) is 0 Å². The van der Waals surface area contributed by atoms with Crippen molar-refractivity contribution in [3.05, 3.63) is 35.9 Å². The average Bonchev–Trinajstić information content (AvgIpc) is 2.26. The molecule has 0 fully saturated rings. The minimum Gasteiger partial charge on any atom is -0.374 e. The van der Waals surface area contributed by atoms with Crippen molar-refractivity contribution in [2.24, 2.45) is 5.92 Å². The summed E-state index contributed by atoms with van der Waals surface area (Å²) in [6.07, 6.45) is 1.52. The molecule has 1 unspecified atom stereocenters. The Kier molecular flexibility index (Phi) is 4.68. The lowest BCUT2D eigenvalue weighted by molar-refractivity contribution is 0.0174. The highest BCUT2D eigenvalue weighted by molar-refractivity contribution is 5.13. The molecular weight excluding hydrogens is 172 g/mol. The van der Waals surface area contributed by atoms with Crippen LogP contribution in [0.5, 0.6) is 0 Å². The number of benzene rings is 1. The van der Waals surface area contributed by atoms with Gasteiger partial charge in [-0.15, -0.1) is 0 Å². The minimum absolute atomic E-state index is 0.347. The van der Waals surface area contributed by atoms with Gasteiger partial charge in [0.15, 0.2) is 0 Å². The molecule has 1 heteroatoms. The standard InChI is InChI=1S/C13H20O/c1-4-11(2)12(3)14-10-13-8-6-5-7-9-13/h5-9,11-12H,4,10H2,1-3H3/t11-,12?/m0/s1. The first-order valence-electron chi connectivity index (χ1n) is 5.39. The summed E-state index contributed by atoms with van der Waals surface area (Å²) in [7, 11) is 0. The highest BCUT2D eigenvalue weighted by Crippen LogP contribution is 2.12. The molecule has 0 aromatic heterocycles. The van der Waals surface area contributed by atoms with Gasteiger partial charge in [-0.05, 0) is 18.4 Å². The van der Waals surface area contributed by atoms with Crippen LogP contribution in [0.3, 0.4) is 0 Å². The maximum atomic E-state index is 5.78. The minimum atomic E-state index is 0.347. The van der Waals surface area contributed by atoms with Gasteiger partial charge in [0.1, 0.15) is 0 Å². The third-order valence-corrected chi connectivity index (χ3v) is 2.80. The molecule has 1 nitrogen and oxygen atoms in total. The van der Waals surface area contributed by atoms with E-state index in [0.717, 1.165) is 6.61 Å². The van der Waals surface area contributed by atoms with Crippen LogP contribution in [0.4, 0.5) is 0 Å². The fourth-order valence-electron chi connectivity index (χ4n) is 1.30. The summed E-state index contributed by atoms with van der Waals surface area (Å²) in [5.41, 5.74) is 1.25. The zero-order valence-electron chi connectivity index (χ0n) is 9.36. The fraction of sp³-hybridized carbons (Fsp3) is 0.538. The van der Waals surface area contributed by atoms with Crippen molar-refractivity contribution in [1.29, 1.82) is 0 Å². The van der Waals surface area contributed by atoms with Crippen LogP contribution < -0.4 is 0 Å². The molecule has 0 aliphatic carbocycles. The topological polar surface area (TPSA) is 9.23 Å². The molecule has 0 spiro atoms. The Hall–Kier alpha value is -0.820. The van der Waals surface area contributed by atoms with Gasteiger partial charge < -0.3 is 4.74 Å². The second-order valence-corrected chi connectivity index (χ2v) is 3.89. The molecule has 1 rings (SSSR count). The zero-order chi connectivity index (χ0) is 10.4. The molecule has 1 aromatic carbocycles. The third-order valence-electron chi connectivity index (χ3n) is 2.80. The van der Waals surface area contributed by atoms with Crippen LogP contribution in [0.1, 0.15) is 32.8 Å². The van der Waals surface area contributed by atoms with E-state index in [4.69, 9.17) is 4.74 Å². The van der Waals surface area contributed by atoms with E-state index in [2.05, 4.69) is 32.9 Å². The maximum Gasteiger partial charge on any atom is 0.0720 e. The molecule has 2 atom stereocenters. The number of hydrogen-bond donors (Lipinski definition) is 0. The van der Waals surface area contributed by atoms with E-state index in [0.29, 0.717) is 12.0 Å².